The third kappa shape index (κ3) is 3.35. The number of fused-ring (bicyclic) bond motifs is 1. The Balaban J connectivity index is 1.38. The minimum Gasteiger partial charge on any atom is -0.454 e. The molecular weight excluding hydrogens is 324 g/mol. The van der Waals surface area contributed by atoms with Gasteiger partial charge < -0.3 is 19.7 Å². The number of rotatable bonds is 5. The van der Waals surface area contributed by atoms with E-state index in [1.807, 2.05) is 23.1 Å². The van der Waals surface area contributed by atoms with Crippen molar-refractivity contribution in [3.63, 3.8) is 0 Å². The van der Waals surface area contributed by atoms with Gasteiger partial charge in [0.1, 0.15) is 5.37 Å². The van der Waals surface area contributed by atoms with Crippen molar-refractivity contribution >= 4 is 17.7 Å². The number of thioether (sulfide) groups is 1. The third-order valence-corrected chi connectivity index (χ3v) is 6.30. The van der Waals surface area contributed by atoms with Gasteiger partial charge in [-0.3, -0.25) is 4.79 Å². The predicted molar refractivity (Wildman–Crippen MR) is 94.4 cm³/mol. The number of benzene rings is 1. The van der Waals surface area contributed by atoms with Crippen molar-refractivity contribution in [2.45, 2.75) is 43.5 Å². The van der Waals surface area contributed by atoms with Crippen molar-refractivity contribution in [1.29, 1.82) is 0 Å². The fraction of sp³-hybridized carbons (Fsp3) is 0.611. The summed E-state index contributed by atoms with van der Waals surface area (Å²) >= 11 is 1.70. The monoisotopic (exact) mass is 348 g/mol. The van der Waals surface area contributed by atoms with Crippen molar-refractivity contribution in [3.05, 3.63) is 23.8 Å². The molecule has 1 N–H and O–H groups in total. The molecule has 2 heterocycles. The summed E-state index contributed by atoms with van der Waals surface area (Å²) in [6, 6.07) is 6.64. The normalized spacial score (nSPS) is 23.9. The van der Waals surface area contributed by atoms with Crippen molar-refractivity contribution in [1.82, 2.24) is 10.2 Å². The molecule has 5 nitrogen and oxygen atoms in total. The topological polar surface area (TPSA) is 50.8 Å². The van der Waals surface area contributed by atoms with E-state index in [1.54, 1.807) is 11.8 Å². The molecule has 0 radical (unpaired) electrons. The number of hydrogen-bond donors (Lipinski definition) is 1. The molecule has 1 aliphatic carbocycles. The van der Waals surface area contributed by atoms with Crippen LogP contribution in [0.5, 0.6) is 11.5 Å². The molecule has 0 spiro atoms. The van der Waals surface area contributed by atoms with Crippen LogP contribution in [0.15, 0.2) is 18.2 Å². The Bertz CT molecular complexity index is 604. The molecule has 0 aromatic heterocycles. The Morgan fingerprint density at radius 3 is 2.88 bits per heavy atom. The van der Waals surface area contributed by atoms with Gasteiger partial charge in [0, 0.05) is 19.1 Å². The highest BCUT2D eigenvalue weighted by Crippen LogP contribution is 2.42. The molecule has 6 heteroatoms. The summed E-state index contributed by atoms with van der Waals surface area (Å²) in [7, 11) is 0. The lowest BCUT2D eigenvalue weighted by Crippen LogP contribution is -2.39. The van der Waals surface area contributed by atoms with Crippen LogP contribution < -0.4 is 14.8 Å². The summed E-state index contributed by atoms with van der Waals surface area (Å²) in [4.78, 5) is 14.3. The van der Waals surface area contributed by atoms with Crippen LogP contribution in [0.3, 0.4) is 0 Å². The smallest absolute Gasteiger partial charge is 0.233 e. The van der Waals surface area contributed by atoms with Crippen LogP contribution in [0.4, 0.5) is 0 Å². The van der Waals surface area contributed by atoms with Crippen molar-refractivity contribution < 1.29 is 14.3 Å². The van der Waals surface area contributed by atoms with Crippen LogP contribution in [0.25, 0.3) is 0 Å². The van der Waals surface area contributed by atoms with E-state index in [0.29, 0.717) is 11.8 Å². The van der Waals surface area contributed by atoms with Crippen LogP contribution in [-0.2, 0) is 4.79 Å². The Labute approximate surface area is 147 Å². The van der Waals surface area contributed by atoms with Crippen LogP contribution in [0.1, 0.15) is 43.0 Å². The van der Waals surface area contributed by atoms with E-state index < -0.39 is 0 Å². The number of nitrogens with one attached hydrogen (secondary N) is 1. The zero-order valence-corrected chi connectivity index (χ0v) is 14.6. The van der Waals surface area contributed by atoms with Gasteiger partial charge in [0.15, 0.2) is 11.5 Å². The first-order chi connectivity index (χ1) is 11.8. The summed E-state index contributed by atoms with van der Waals surface area (Å²) in [5, 5.41) is 3.72. The van der Waals surface area contributed by atoms with Gasteiger partial charge in [0.25, 0.3) is 0 Å². The zero-order valence-electron chi connectivity index (χ0n) is 13.8. The molecule has 1 atom stereocenters. The molecule has 24 heavy (non-hydrogen) atoms. The molecule has 1 unspecified atom stereocenters. The second kappa shape index (κ2) is 7.23. The summed E-state index contributed by atoms with van der Waals surface area (Å²) in [5.74, 6) is 2.36. The fourth-order valence-corrected chi connectivity index (χ4v) is 4.94. The van der Waals surface area contributed by atoms with E-state index in [9.17, 15) is 4.79 Å². The SMILES string of the molecule is O=C1CSC(c2ccc3c(c2)OCO3)N1CCNC1CCCCC1. The lowest BCUT2D eigenvalue weighted by atomic mass is 9.95. The Morgan fingerprint density at radius 1 is 1.17 bits per heavy atom. The second-order valence-electron chi connectivity index (χ2n) is 6.65. The number of ether oxygens (including phenoxy) is 2. The third-order valence-electron chi connectivity index (χ3n) is 5.04. The van der Waals surface area contributed by atoms with E-state index in [1.165, 1.54) is 32.1 Å². The average Bonchev–Trinajstić information content (AvgIpc) is 3.22. The predicted octanol–water partition coefficient (Wildman–Crippen LogP) is 2.91. The number of carbonyl (C=O) groups excluding carboxylic acids is 1. The van der Waals surface area contributed by atoms with E-state index >= 15 is 0 Å². The molecule has 2 fully saturated rings. The fourth-order valence-electron chi connectivity index (χ4n) is 3.73. The highest BCUT2D eigenvalue weighted by Gasteiger charge is 2.33. The zero-order chi connectivity index (χ0) is 16.4. The molecule has 1 aromatic rings. The van der Waals surface area contributed by atoms with E-state index in [4.69, 9.17) is 9.47 Å². The molecule has 4 rings (SSSR count). The molecule has 3 aliphatic rings. The molecule has 2 aliphatic heterocycles. The highest BCUT2D eigenvalue weighted by molar-refractivity contribution is 8.00. The van der Waals surface area contributed by atoms with Crippen LogP contribution in [0, 0.1) is 0 Å². The maximum absolute atomic E-state index is 12.3. The molecular formula is C18H24N2O3S. The molecule has 1 saturated heterocycles. The second-order valence-corrected chi connectivity index (χ2v) is 7.72. The molecule has 1 aromatic carbocycles. The van der Waals surface area contributed by atoms with Gasteiger partial charge in [-0.1, -0.05) is 25.3 Å². The van der Waals surface area contributed by atoms with Gasteiger partial charge in [0.05, 0.1) is 5.75 Å². The van der Waals surface area contributed by atoms with E-state index in [2.05, 4.69) is 5.32 Å². The first-order valence-electron chi connectivity index (χ1n) is 8.85. The first-order valence-corrected chi connectivity index (χ1v) is 9.90. The quantitative estimate of drug-likeness (QED) is 0.887. The summed E-state index contributed by atoms with van der Waals surface area (Å²) in [6.45, 7) is 1.92. The maximum Gasteiger partial charge on any atom is 0.233 e. The van der Waals surface area contributed by atoms with Gasteiger partial charge in [-0.25, -0.2) is 0 Å². The Kier molecular flexibility index (Phi) is 4.85. The number of nitrogens with zero attached hydrogens (tertiary/aromatic N) is 1. The van der Waals surface area contributed by atoms with Gasteiger partial charge in [-0.15, -0.1) is 11.8 Å². The highest BCUT2D eigenvalue weighted by atomic mass is 32.2. The summed E-state index contributed by atoms with van der Waals surface area (Å²) in [6.07, 6.45) is 6.57. The van der Waals surface area contributed by atoms with Gasteiger partial charge in [-0.2, -0.15) is 0 Å². The minimum absolute atomic E-state index is 0.0835. The molecule has 1 amide bonds. The Hall–Kier alpha value is -1.40. The van der Waals surface area contributed by atoms with Crippen molar-refractivity contribution in [3.8, 4) is 11.5 Å². The number of amides is 1. The van der Waals surface area contributed by atoms with Gasteiger partial charge >= 0.3 is 0 Å². The minimum atomic E-state index is 0.0835. The van der Waals surface area contributed by atoms with Crippen LogP contribution in [0.2, 0.25) is 0 Å². The molecule has 0 bridgehead atoms. The largest absolute Gasteiger partial charge is 0.454 e. The maximum atomic E-state index is 12.3. The number of carbonyl (C=O) groups is 1. The average molecular weight is 348 g/mol. The Morgan fingerprint density at radius 2 is 2.00 bits per heavy atom. The van der Waals surface area contributed by atoms with E-state index in [0.717, 1.165) is 30.2 Å². The van der Waals surface area contributed by atoms with Gasteiger partial charge in [-0.05, 0) is 30.5 Å². The van der Waals surface area contributed by atoms with Crippen molar-refractivity contribution in [2.24, 2.45) is 0 Å². The summed E-state index contributed by atoms with van der Waals surface area (Å²) < 4.78 is 10.9. The van der Waals surface area contributed by atoms with Crippen LogP contribution >= 0.6 is 11.8 Å². The van der Waals surface area contributed by atoms with Crippen molar-refractivity contribution in [2.75, 3.05) is 25.6 Å². The molecule has 1 saturated carbocycles. The molecule has 130 valence electrons. The number of hydrogen-bond acceptors (Lipinski definition) is 5. The lowest BCUT2D eigenvalue weighted by molar-refractivity contribution is -0.128. The first kappa shape index (κ1) is 16.1. The standard InChI is InChI=1S/C18H24N2O3S/c21-17-11-24-18(13-6-7-15-16(10-13)23-12-22-15)20(17)9-8-19-14-4-2-1-3-5-14/h6-7,10,14,18-19H,1-5,8-9,11-12H2. The van der Waals surface area contributed by atoms with Crippen LogP contribution in [-0.4, -0.2) is 42.5 Å². The van der Waals surface area contributed by atoms with E-state index in [-0.39, 0.29) is 18.1 Å². The summed E-state index contributed by atoms with van der Waals surface area (Å²) in [5.41, 5.74) is 1.12. The van der Waals surface area contributed by atoms with Gasteiger partial charge in [0.2, 0.25) is 12.7 Å². The lowest BCUT2D eigenvalue weighted by Gasteiger charge is -2.27.